The maximum atomic E-state index is 6.53. The first-order valence-corrected chi connectivity index (χ1v) is 12.6. The maximum absolute atomic E-state index is 6.53. The van der Waals surface area contributed by atoms with Crippen LogP contribution in [0.25, 0.3) is 0 Å². The number of ether oxygens (including phenoxy) is 1. The smallest absolute Gasteiger partial charge is 0.243 e. The van der Waals surface area contributed by atoms with Gasteiger partial charge in [-0.1, -0.05) is 82.3 Å². The molecule has 34 heavy (non-hydrogen) atoms. The van der Waals surface area contributed by atoms with Crippen LogP contribution in [-0.4, -0.2) is 4.57 Å². The van der Waals surface area contributed by atoms with Crippen molar-refractivity contribution in [1.82, 2.24) is 4.57 Å². The van der Waals surface area contributed by atoms with Crippen LogP contribution in [-0.2, 0) is 30.9 Å². The molecule has 0 saturated carbocycles. The van der Waals surface area contributed by atoms with E-state index >= 15 is 0 Å². The van der Waals surface area contributed by atoms with Crippen LogP contribution in [0.2, 0.25) is 25.1 Å². The standard InChI is InChI=1S/C26H22Cl5N2O/c27-20-4-1-18(2-5-20)9-10-32-11-12-33(17-32)15-26(23-8-7-22(29)14-25(23)31)34-16-19-3-6-21(28)13-24(19)30/h1-8,11-14,17,26H,9-10,15-16H2/q+1. The van der Waals surface area contributed by atoms with Crippen molar-refractivity contribution in [2.24, 2.45) is 0 Å². The zero-order valence-corrected chi connectivity index (χ0v) is 21.9. The molecule has 0 fully saturated rings. The van der Waals surface area contributed by atoms with Gasteiger partial charge in [0.05, 0.1) is 13.2 Å². The van der Waals surface area contributed by atoms with Gasteiger partial charge in [0.1, 0.15) is 25.0 Å². The van der Waals surface area contributed by atoms with E-state index in [2.05, 4.69) is 15.5 Å². The first kappa shape index (κ1) is 25.4. The van der Waals surface area contributed by atoms with Crippen molar-refractivity contribution in [3.05, 3.63) is 121 Å². The number of benzene rings is 3. The van der Waals surface area contributed by atoms with Crippen LogP contribution in [0.15, 0.2) is 79.4 Å². The minimum Gasteiger partial charge on any atom is -0.365 e. The van der Waals surface area contributed by atoms with Gasteiger partial charge < -0.3 is 4.74 Å². The lowest BCUT2D eigenvalue weighted by Gasteiger charge is -2.19. The highest BCUT2D eigenvalue weighted by atomic mass is 35.5. The number of halogens is 5. The van der Waals surface area contributed by atoms with Crippen molar-refractivity contribution in [2.45, 2.75) is 32.2 Å². The number of imidazole rings is 1. The van der Waals surface area contributed by atoms with Crippen molar-refractivity contribution >= 4 is 58.0 Å². The Morgan fingerprint density at radius 1 is 0.794 bits per heavy atom. The Bertz CT molecular complexity index is 1260. The van der Waals surface area contributed by atoms with Crippen LogP contribution in [0, 0.1) is 0 Å². The average Bonchev–Trinajstić information content (AvgIpc) is 3.25. The molecule has 0 aliphatic heterocycles. The molecule has 1 heterocycles. The van der Waals surface area contributed by atoms with Gasteiger partial charge in [-0.15, -0.1) is 0 Å². The molecule has 4 rings (SSSR count). The third-order valence-electron chi connectivity index (χ3n) is 5.46. The second kappa shape index (κ2) is 11.8. The molecule has 0 saturated heterocycles. The predicted molar refractivity (Wildman–Crippen MR) is 140 cm³/mol. The Morgan fingerprint density at radius 2 is 1.47 bits per heavy atom. The molecule has 0 spiro atoms. The largest absolute Gasteiger partial charge is 0.365 e. The summed E-state index contributed by atoms with van der Waals surface area (Å²) in [5, 5.41) is 3.03. The lowest BCUT2D eigenvalue weighted by atomic mass is 10.1. The minimum atomic E-state index is -0.311. The number of rotatable bonds is 9. The summed E-state index contributed by atoms with van der Waals surface area (Å²) >= 11 is 31.0. The fourth-order valence-electron chi connectivity index (χ4n) is 3.61. The van der Waals surface area contributed by atoms with Crippen molar-refractivity contribution in [2.75, 3.05) is 0 Å². The summed E-state index contributed by atoms with van der Waals surface area (Å²) < 4.78 is 10.5. The molecule has 3 aromatic carbocycles. The summed E-state index contributed by atoms with van der Waals surface area (Å²) in [4.78, 5) is 0. The first-order valence-electron chi connectivity index (χ1n) is 10.7. The number of hydrogen-bond donors (Lipinski definition) is 0. The van der Waals surface area contributed by atoms with Crippen molar-refractivity contribution in [3.63, 3.8) is 0 Å². The number of hydrogen-bond acceptors (Lipinski definition) is 1. The molecule has 0 aliphatic rings. The fraction of sp³-hybridized carbons (Fsp3) is 0.192. The minimum absolute atomic E-state index is 0.311. The van der Waals surface area contributed by atoms with Gasteiger partial charge in [0.15, 0.2) is 0 Å². The first-order chi connectivity index (χ1) is 16.4. The second-order valence-electron chi connectivity index (χ2n) is 7.93. The Hall–Kier alpha value is -1.72. The molecule has 0 amide bonds. The summed E-state index contributed by atoms with van der Waals surface area (Å²) in [6.45, 7) is 1.74. The highest BCUT2D eigenvalue weighted by Crippen LogP contribution is 2.31. The van der Waals surface area contributed by atoms with Crippen LogP contribution in [0.4, 0.5) is 0 Å². The van der Waals surface area contributed by atoms with E-state index in [1.54, 1.807) is 18.2 Å². The van der Waals surface area contributed by atoms with E-state index in [1.807, 2.05) is 54.9 Å². The van der Waals surface area contributed by atoms with Crippen molar-refractivity contribution in [1.29, 1.82) is 0 Å². The third-order valence-corrected chi connectivity index (χ3v) is 6.86. The van der Waals surface area contributed by atoms with Gasteiger partial charge >= 0.3 is 0 Å². The molecule has 4 aromatic rings. The van der Waals surface area contributed by atoms with Crippen LogP contribution in [0.1, 0.15) is 22.8 Å². The normalized spacial score (nSPS) is 12.1. The Morgan fingerprint density at radius 3 is 2.18 bits per heavy atom. The van der Waals surface area contributed by atoms with E-state index < -0.39 is 0 Å². The van der Waals surface area contributed by atoms with Crippen LogP contribution < -0.4 is 4.57 Å². The van der Waals surface area contributed by atoms with E-state index in [0.29, 0.717) is 33.2 Å². The molecule has 8 heteroatoms. The number of aryl methyl sites for hydroxylation is 2. The lowest BCUT2D eigenvalue weighted by molar-refractivity contribution is -0.704. The average molecular weight is 556 g/mol. The van der Waals surface area contributed by atoms with Gasteiger partial charge in [-0.05, 0) is 47.5 Å². The van der Waals surface area contributed by atoms with E-state index in [9.17, 15) is 0 Å². The predicted octanol–water partition coefficient (Wildman–Crippen LogP) is 8.24. The van der Waals surface area contributed by atoms with Gasteiger partial charge in [-0.25, -0.2) is 9.13 Å². The van der Waals surface area contributed by atoms with E-state index in [0.717, 1.165) is 29.1 Å². The lowest BCUT2D eigenvalue weighted by Crippen LogP contribution is -2.35. The SMILES string of the molecule is Clc1ccc(CCn2cc[n+](CC(OCc3ccc(Cl)cc3Cl)c3ccc(Cl)cc3Cl)c2)cc1. The molecule has 1 unspecified atom stereocenters. The molecular weight excluding hydrogens is 534 g/mol. The highest BCUT2D eigenvalue weighted by Gasteiger charge is 2.20. The summed E-state index contributed by atoms with van der Waals surface area (Å²) in [7, 11) is 0. The van der Waals surface area contributed by atoms with Gasteiger partial charge in [0, 0.05) is 37.1 Å². The molecule has 176 valence electrons. The van der Waals surface area contributed by atoms with Crippen molar-refractivity contribution in [3.8, 4) is 0 Å². The van der Waals surface area contributed by atoms with E-state index in [-0.39, 0.29) is 6.10 Å². The zero-order chi connectivity index (χ0) is 24.1. The van der Waals surface area contributed by atoms with Gasteiger partial charge in [0.25, 0.3) is 0 Å². The molecule has 3 nitrogen and oxygen atoms in total. The molecule has 0 radical (unpaired) electrons. The fourth-order valence-corrected chi connectivity index (χ4v) is 4.73. The van der Waals surface area contributed by atoms with Gasteiger partial charge in [-0.2, -0.15) is 0 Å². The zero-order valence-electron chi connectivity index (χ0n) is 18.1. The topological polar surface area (TPSA) is 18.0 Å². The van der Waals surface area contributed by atoms with Gasteiger partial charge in [0.2, 0.25) is 6.33 Å². The quantitative estimate of drug-likeness (QED) is 0.190. The summed E-state index contributed by atoms with van der Waals surface area (Å²) in [5.74, 6) is 0. The Kier molecular flexibility index (Phi) is 8.81. The molecule has 0 N–H and O–H groups in total. The molecular formula is C26H22Cl5N2O+. The molecule has 0 aliphatic carbocycles. The molecule has 0 bridgehead atoms. The maximum Gasteiger partial charge on any atom is 0.243 e. The Labute approximate surface area is 224 Å². The molecule has 1 aromatic heterocycles. The number of nitrogens with zero attached hydrogens (tertiary/aromatic N) is 2. The van der Waals surface area contributed by atoms with E-state index in [1.165, 1.54) is 5.56 Å². The van der Waals surface area contributed by atoms with E-state index in [4.69, 9.17) is 62.7 Å². The number of aromatic nitrogens is 2. The van der Waals surface area contributed by atoms with Crippen molar-refractivity contribution < 1.29 is 9.30 Å². The Balaban J connectivity index is 1.48. The monoisotopic (exact) mass is 553 g/mol. The highest BCUT2D eigenvalue weighted by molar-refractivity contribution is 6.35. The van der Waals surface area contributed by atoms with Crippen LogP contribution in [0.3, 0.4) is 0 Å². The summed E-state index contributed by atoms with van der Waals surface area (Å²) in [5.41, 5.74) is 2.95. The summed E-state index contributed by atoms with van der Waals surface area (Å²) in [6, 6.07) is 18.7. The van der Waals surface area contributed by atoms with Crippen LogP contribution in [0.5, 0.6) is 0 Å². The summed E-state index contributed by atoms with van der Waals surface area (Å²) in [6.07, 6.45) is 6.73. The molecule has 1 atom stereocenters. The third kappa shape index (κ3) is 6.91. The van der Waals surface area contributed by atoms with Crippen LogP contribution >= 0.6 is 58.0 Å². The second-order valence-corrected chi connectivity index (χ2v) is 10.0. The van der Waals surface area contributed by atoms with Gasteiger partial charge in [-0.3, -0.25) is 0 Å².